The van der Waals surface area contributed by atoms with Gasteiger partial charge in [-0.1, -0.05) is 24.3 Å². The van der Waals surface area contributed by atoms with Crippen LogP contribution in [0, 0.1) is 13.8 Å². The van der Waals surface area contributed by atoms with Crippen molar-refractivity contribution < 1.29 is 26.7 Å². The normalized spacial score (nSPS) is 16.3. The van der Waals surface area contributed by atoms with Crippen molar-refractivity contribution >= 4 is 27.0 Å². The number of sulfonamides is 1. The van der Waals surface area contributed by atoms with Crippen LogP contribution in [0.4, 0.5) is 0 Å². The molecule has 0 spiro atoms. The summed E-state index contributed by atoms with van der Waals surface area (Å²) in [5, 5.41) is 2.98. The van der Waals surface area contributed by atoms with Crippen molar-refractivity contribution in [1.29, 1.82) is 0 Å². The summed E-state index contributed by atoms with van der Waals surface area (Å²) in [6.07, 6.45) is 1.30. The van der Waals surface area contributed by atoms with E-state index in [1.54, 1.807) is 12.1 Å². The lowest BCUT2D eigenvalue weighted by Gasteiger charge is -2.31. The van der Waals surface area contributed by atoms with E-state index >= 15 is 0 Å². The Hall–Kier alpha value is -2.27. The van der Waals surface area contributed by atoms with Gasteiger partial charge in [-0.25, -0.2) is 12.6 Å². The predicted octanol–water partition coefficient (Wildman–Crippen LogP) is 2.76. The topological polar surface area (TPSA) is 113 Å². The summed E-state index contributed by atoms with van der Waals surface area (Å²) in [7, 11) is -3.65. The highest BCUT2D eigenvalue weighted by Gasteiger charge is 2.30. The number of carbonyl (C=O) groups is 1. The minimum absolute atomic E-state index is 0.0406. The van der Waals surface area contributed by atoms with Gasteiger partial charge < -0.3 is 14.6 Å². The van der Waals surface area contributed by atoms with E-state index in [1.807, 2.05) is 32.0 Å². The second kappa shape index (κ2) is 11.2. The van der Waals surface area contributed by atoms with Crippen LogP contribution in [0.5, 0.6) is 5.75 Å². The summed E-state index contributed by atoms with van der Waals surface area (Å²) in [5.74, 6) is 0.624. The summed E-state index contributed by atoms with van der Waals surface area (Å²) in [6.45, 7) is 4.86. The van der Waals surface area contributed by atoms with Gasteiger partial charge >= 0.3 is 0 Å². The standard InChI is InChI=1S/C23H30N2O6S2/c1-17-3-4-18(2)22(15-17)31-14-11-23(26)24-20-9-12-25(13-10-20)33(29,30)21-7-5-19(6-8-21)16-32(27)28/h3-8,15,20H,9-14,16H2,1-2H3,(H,24,26)(H,27,28). The number of carbonyl (C=O) groups excluding carboxylic acids is 1. The molecule has 2 aromatic carbocycles. The molecule has 3 rings (SSSR count). The van der Waals surface area contributed by atoms with Crippen molar-refractivity contribution in [3.8, 4) is 5.75 Å². The van der Waals surface area contributed by atoms with Gasteiger partial charge in [0.1, 0.15) is 5.75 Å². The Balaban J connectivity index is 1.45. The Morgan fingerprint density at radius 3 is 2.45 bits per heavy atom. The molecule has 1 unspecified atom stereocenters. The van der Waals surface area contributed by atoms with Gasteiger partial charge in [0.15, 0.2) is 11.1 Å². The molecule has 1 aliphatic heterocycles. The average molecular weight is 495 g/mol. The van der Waals surface area contributed by atoms with Crippen LogP contribution in [0.25, 0.3) is 0 Å². The minimum atomic E-state index is -3.65. The lowest BCUT2D eigenvalue weighted by atomic mass is 10.1. The molecule has 0 bridgehead atoms. The Bertz CT molecular complexity index is 1090. The Labute approximate surface area is 197 Å². The fourth-order valence-electron chi connectivity index (χ4n) is 3.71. The number of aryl methyl sites for hydroxylation is 2. The molecule has 10 heteroatoms. The van der Waals surface area contributed by atoms with Crippen molar-refractivity contribution in [1.82, 2.24) is 9.62 Å². The minimum Gasteiger partial charge on any atom is -0.493 e. The van der Waals surface area contributed by atoms with Crippen LogP contribution in [0.2, 0.25) is 0 Å². The lowest BCUT2D eigenvalue weighted by molar-refractivity contribution is -0.122. The highest BCUT2D eigenvalue weighted by atomic mass is 32.2. The molecule has 1 atom stereocenters. The summed E-state index contributed by atoms with van der Waals surface area (Å²) in [6, 6.07) is 11.9. The van der Waals surface area contributed by atoms with Crippen LogP contribution in [-0.4, -0.2) is 53.1 Å². The monoisotopic (exact) mass is 494 g/mol. The molecular formula is C23H30N2O6S2. The summed E-state index contributed by atoms with van der Waals surface area (Å²) in [4.78, 5) is 12.5. The van der Waals surface area contributed by atoms with Crippen LogP contribution in [0.3, 0.4) is 0 Å². The first-order chi connectivity index (χ1) is 15.6. The SMILES string of the molecule is Cc1ccc(C)c(OCCC(=O)NC2CCN(S(=O)(=O)c3ccc(CS(=O)O)cc3)CC2)c1. The second-order valence-electron chi connectivity index (χ2n) is 8.22. The zero-order chi connectivity index (χ0) is 24.0. The lowest BCUT2D eigenvalue weighted by Crippen LogP contribution is -2.46. The van der Waals surface area contributed by atoms with E-state index < -0.39 is 21.1 Å². The average Bonchev–Trinajstić information content (AvgIpc) is 2.76. The first-order valence-corrected chi connectivity index (χ1v) is 13.5. The van der Waals surface area contributed by atoms with E-state index in [2.05, 4.69) is 5.32 Å². The quantitative estimate of drug-likeness (QED) is 0.519. The van der Waals surface area contributed by atoms with Crippen LogP contribution in [0.15, 0.2) is 47.4 Å². The fraction of sp³-hybridized carbons (Fsp3) is 0.435. The molecule has 0 aliphatic carbocycles. The molecule has 2 N–H and O–H groups in total. The third-order valence-electron chi connectivity index (χ3n) is 5.60. The van der Waals surface area contributed by atoms with E-state index in [0.717, 1.165) is 16.9 Å². The molecule has 0 saturated carbocycles. The van der Waals surface area contributed by atoms with E-state index in [4.69, 9.17) is 9.29 Å². The van der Waals surface area contributed by atoms with E-state index in [-0.39, 0.29) is 35.6 Å². The van der Waals surface area contributed by atoms with Crippen molar-refractivity contribution in [3.05, 3.63) is 59.2 Å². The molecule has 1 heterocycles. The summed E-state index contributed by atoms with van der Waals surface area (Å²) < 4.78 is 52.8. The number of nitrogens with one attached hydrogen (secondary N) is 1. The third kappa shape index (κ3) is 7.10. The number of amides is 1. The van der Waals surface area contributed by atoms with Gasteiger partial charge in [0.2, 0.25) is 15.9 Å². The first kappa shape index (κ1) is 25.4. The molecule has 1 amide bonds. The number of rotatable bonds is 9. The summed E-state index contributed by atoms with van der Waals surface area (Å²) in [5.41, 5.74) is 2.71. The van der Waals surface area contributed by atoms with Gasteiger partial charge in [-0.05, 0) is 61.6 Å². The number of piperidine rings is 1. The van der Waals surface area contributed by atoms with Gasteiger partial charge in [-0.3, -0.25) is 4.79 Å². The number of nitrogens with zero attached hydrogens (tertiary/aromatic N) is 1. The molecule has 33 heavy (non-hydrogen) atoms. The number of benzene rings is 2. The fourth-order valence-corrected chi connectivity index (χ4v) is 5.65. The molecule has 180 valence electrons. The smallest absolute Gasteiger partial charge is 0.243 e. The number of hydrogen-bond acceptors (Lipinski definition) is 5. The van der Waals surface area contributed by atoms with E-state index in [0.29, 0.717) is 31.5 Å². The first-order valence-electron chi connectivity index (χ1n) is 10.8. The molecule has 1 saturated heterocycles. The largest absolute Gasteiger partial charge is 0.493 e. The molecular weight excluding hydrogens is 464 g/mol. The maximum absolute atomic E-state index is 12.9. The predicted molar refractivity (Wildman–Crippen MR) is 127 cm³/mol. The zero-order valence-corrected chi connectivity index (χ0v) is 20.5. The maximum Gasteiger partial charge on any atom is 0.243 e. The van der Waals surface area contributed by atoms with Gasteiger partial charge in [-0.15, -0.1) is 0 Å². The number of ether oxygens (including phenoxy) is 1. The number of hydrogen-bond donors (Lipinski definition) is 2. The Kier molecular flexibility index (Phi) is 8.63. The van der Waals surface area contributed by atoms with Crippen LogP contribution >= 0.6 is 0 Å². The van der Waals surface area contributed by atoms with Crippen molar-refractivity contribution in [2.24, 2.45) is 0 Å². The molecule has 2 aromatic rings. The van der Waals surface area contributed by atoms with Crippen molar-refractivity contribution in [2.45, 2.75) is 49.8 Å². The van der Waals surface area contributed by atoms with E-state index in [1.165, 1.54) is 16.4 Å². The molecule has 1 aliphatic rings. The molecule has 8 nitrogen and oxygen atoms in total. The van der Waals surface area contributed by atoms with E-state index in [9.17, 15) is 17.4 Å². The Morgan fingerprint density at radius 1 is 1.15 bits per heavy atom. The highest BCUT2D eigenvalue weighted by Crippen LogP contribution is 2.22. The Morgan fingerprint density at radius 2 is 1.82 bits per heavy atom. The van der Waals surface area contributed by atoms with Crippen LogP contribution in [0.1, 0.15) is 36.0 Å². The van der Waals surface area contributed by atoms with Crippen molar-refractivity contribution in [2.75, 3.05) is 19.7 Å². The van der Waals surface area contributed by atoms with Gasteiger partial charge in [0, 0.05) is 19.1 Å². The van der Waals surface area contributed by atoms with Crippen LogP contribution < -0.4 is 10.1 Å². The highest BCUT2D eigenvalue weighted by molar-refractivity contribution is 7.89. The molecule has 1 fully saturated rings. The third-order valence-corrected chi connectivity index (χ3v) is 8.09. The molecule has 0 radical (unpaired) electrons. The van der Waals surface area contributed by atoms with Gasteiger partial charge in [-0.2, -0.15) is 4.31 Å². The van der Waals surface area contributed by atoms with Crippen molar-refractivity contribution in [3.63, 3.8) is 0 Å². The molecule has 0 aromatic heterocycles. The van der Waals surface area contributed by atoms with Gasteiger partial charge in [0.05, 0.1) is 23.7 Å². The zero-order valence-electron chi connectivity index (χ0n) is 18.8. The van der Waals surface area contributed by atoms with Gasteiger partial charge in [0.25, 0.3) is 0 Å². The second-order valence-corrected chi connectivity index (χ2v) is 11.1. The van der Waals surface area contributed by atoms with Crippen LogP contribution in [-0.2, 0) is 31.7 Å². The summed E-state index contributed by atoms with van der Waals surface area (Å²) >= 11 is -1.97. The maximum atomic E-state index is 12.9.